The molecule has 1 aromatic heterocycles. The van der Waals surface area contributed by atoms with Crippen LogP contribution in [-0.4, -0.2) is 37.1 Å². The minimum absolute atomic E-state index is 0.121. The Hall–Kier alpha value is -1.62. The van der Waals surface area contributed by atoms with Crippen molar-refractivity contribution in [1.82, 2.24) is 15.6 Å². The molecule has 5 nitrogen and oxygen atoms in total. The van der Waals surface area contributed by atoms with E-state index < -0.39 is 0 Å². The van der Waals surface area contributed by atoms with Gasteiger partial charge in [0, 0.05) is 32.4 Å². The Balaban J connectivity index is 1.49. The maximum atomic E-state index is 12.1. The van der Waals surface area contributed by atoms with Crippen LogP contribution in [0, 0.1) is 5.92 Å². The number of piperidine rings is 1. The van der Waals surface area contributed by atoms with E-state index in [1.165, 1.54) is 12.8 Å². The molecule has 0 aromatic carbocycles. The maximum Gasteiger partial charge on any atom is 0.224 e. The van der Waals surface area contributed by atoms with Crippen LogP contribution < -0.4 is 15.5 Å². The van der Waals surface area contributed by atoms with Crippen molar-refractivity contribution >= 4 is 11.7 Å². The van der Waals surface area contributed by atoms with E-state index in [9.17, 15) is 4.79 Å². The molecule has 0 spiro atoms. The van der Waals surface area contributed by atoms with Gasteiger partial charge in [-0.3, -0.25) is 4.79 Å². The van der Waals surface area contributed by atoms with Gasteiger partial charge >= 0.3 is 0 Å². The predicted octanol–water partition coefficient (Wildman–Crippen LogP) is 1.30. The topological polar surface area (TPSA) is 57.3 Å². The molecule has 0 saturated carbocycles. The molecular formula is C16H24N4O. The van der Waals surface area contributed by atoms with Crippen LogP contribution in [0.5, 0.6) is 0 Å². The number of rotatable bonds is 4. The summed E-state index contributed by atoms with van der Waals surface area (Å²) in [5, 5.41) is 6.30. The monoisotopic (exact) mass is 288 g/mol. The minimum Gasteiger partial charge on any atom is -0.357 e. The number of carbonyl (C=O) groups excluding carboxylic acids is 1. The molecule has 1 unspecified atom stereocenters. The quantitative estimate of drug-likeness (QED) is 0.877. The zero-order valence-electron chi connectivity index (χ0n) is 12.5. The molecule has 0 bridgehead atoms. The third-order valence-electron chi connectivity index (χ3n) is 4.37. The van der Waals surface area contributed by atoms with Crippen molar-refractivity contribution in [3.05, 3.63) is 23.9 Å². The number of hydrogen-bond donors (Lipinski definition) is 2. The van der Waals surface area contributed by atoms with E-state index >= 15 is 0 Å². The highest BCUT2D eigenvalue weighted by Crippen LogP contribution is 2.17. The second-order valence-corrected chi connectivity index (χ2v) is 5.98. The summed E-state index contributed by atoms with van der Waals surface area (Å²) in [4.78, 5) is 18.9. The summed E-state index contributed by atoms with van der Waals surface area (Å²) in [6.45, 7) is 4.63. The molecule has 0 radical (unpaired) electrons. The van der Waals surface area contributed by atoms with E-state index in [1.54, 1.807) is 0 Å². The largest absolute Gasteiger partial charge is 0.357 e. The second kappa shape index (κ2) is 6.89. The van der Waals surface area contributed by atoms with Crippen LogP contribution in [0.1, 0.15) is 31.2 Å². The zero-order valence-corrected chi connectivity index (χ0v) is 12.5. The Bertz CT molecular complexity index is 462. The van der Waals surface area contributed by atoms with Crippen molar-refractivity contribution in [2.45, 2.75) is 32.2 Å². The average molecular weight is 288 g/mol. The third-order valence-corrected chi connectivity index (χ3v) is 4.37. The van der Waals surface area contributed by atoms with Crippen LogP contribution in [-0.2, 0) is 11.3 Å². The Kier molecular flexibility index (Phi) is 4.70. The Morgan fingerprint density at radius 2 is 2.19 bits per heavy atom. The predicted molar refractivity (Wildman–Crippen MR) is 83.1 cm³/mol. The van der Waals surface area contributed by atoms with Gasteiger partial charge in [-0.25, -0.2) is 4.98 Å². The number of hydrogen-bond acceptors (Lipinski definition) is 4. The van der Waals surface area contributed by atoms with Gasteiger partial charge in [-0.05, 0) is 43.9 Å². The molecule has 2 aliphatic rings. The third kappa shape index (κ3) is 3.73. The molecule has 0 aliphatic carbocycles. The first-order valence-corrected chi connectivity index (χ1v) is 8.01. The summed E-state index contributed by atoms with van der Waals surface area (Å²) in [7, 11) is 0. The van der Waals surface area contributed by atoms with Gasteiger partial charge in [-0.2, -0.15) is 0 Å². The summed E-state index contributed by atoms with van der Waals surface area (Å²) in [6, 6.07) is 4.13. The van der Waals surface area contributed by atoms with Crippen LogP contribution >= 0.6 is 0 Å². The van der Waals surface area contributed by atoms with Crippen molar-refractivity contribution in [3.63, 3.8) is 0 Å². The van der Waals surface area contributed by atoms with Gasteiger partial charge in [-0.15, -0.1) is 0 Å². The molecule has 1 aromatic rings. The van der Waals surface area contributed by atoms with Gasteiger partial charge in [-0.1, -0.05) is 6.07 Å². The van der Waals surface area contributed by atoms with E-state index in [-0.39, 0.29) is 11.8 Å². The van der Waals surface area contributed by atoms with Gasteiger partial charge < -0.3 is 15.5 Å². The Morgan fingerprint density at radius 1 is 1.33 bits per heavy atom. The fraction of sp³-hybridized carbons (Fsp3) is 0.625. The molecule has 2 fully saturated rings. The summed E-state index contributed by atoms with van der Waals surface area (Å²) >= 11 is 0. The van der Waals surface area contributed by atoms with Gasteiger partial charge in [0.2, 0.25) is 5.91 Å². The molecular weight excluding hydrogens is 264 g/mol. The number of pyridine rings is 1. The van der Waals surface area contributed by atoms with Gasteiger partial charge in [0.05, 0.1) is 5.92 Å². The highest BCUT2D eigenvalue weighted by molar-refractivity contribution is 5.78. The van der Waals surface area contributed by atoms with E-state index in [1.807, 2.05) is 6.20 Å². The van der Waals surface area contributed by atoms with Crippen molar-refractivity contribution in [2.24, 2.45) is 5.92 Å². The summed E-state index contributed by atoms with van der Waals surface area (Å²) in [5.74, 6) is 1.33. The lowest BCUT2D eigenvalue weighted by molar-refractivity contribution is -0.125. The fourth-order valence-electron chi connectivity index (χ4n) is 3.06. The van der Waals surface area contributed by atoms with Crippen LogP contribution in [0.3, 0.4) is 0 Å². The highest BCUT2D eigenvalue weighted by atomic mass is 16.1. The molecule has 21 heavy (non-hydrogen) atoms. The maximum absolute atomic E-state index is 12.1. The fourth-order valence-corrected chi connectivity index (χ4v) is 3.06. The molecule has 2 N–H and O–H groups in total. The average Bonchev–Trinajstić information content (AvgIpc) is 3.08. The van der Waals surface area contributed by atoms with E-state index in [0.717, 1.165) is 50.4 Å². The number of aromatic nitrogens is 1. The van der Waals surface area contributed by atoms with Crippen LogP contribution in [0.25, 0.3) is 0 Å². The molecule has 1 atom stereocenters. The van der Waals surface area contributed by atoms with Crippen molar-refractivity contribution < 1.29 is 4.79 Å². The first kappa shape index (κ1) is 14.3. The number of anilines is 1. The Labute approximate surface area is 126 Å². The normalized spacial score (nSPS) is 22.3. The van der Waals surface area contributed by atoms with Crippen LogP contribution in [0.15, 0.2) is 18.3 Å². The number of nitrogens with zero attached hydrogens (tertiary/aromatic N) is 2. The van der Waals surface area contributed by atoms with Crippen LogP contribution in [0.4, 0.5) is 5.82 Å². The molecule has 2 saturated heterocycles. The number of nitrogens with one attached hydrogen (secondary N) is 2. The molecule has 3 heterocycles. The van der Waals surface area contributed by atoms with E-state index in [0.29, 0.717) is 6.54 Å². The zero-order chi connectivity index (χ0) is 14.5. The number of amides is 1. The molecule has 2 aliphatic heterocycles. The van der Waals surface area contributed by atoms with Gasteiger partial charge in [0.1, 0.15) is 5.82 Å². The Morgan fingerprint density at radius 3 is 2.86 bits per heavy atom. The summed E-state index contributed by atoms with van der Waals surface area (Å²) < 4.78 is 0. The van der Waals surface area contributed by atoms with Gasteiger partial charge in [0.15, 0.2) is 0 Å². The van der Waals surface area contributed by atoms with Crippen molar-refractivity contribution in [3.8, 4) is 0 Å². The van der Waals surface area contributed by atoms with Crippen molar-refractivity contribution in [2.75, 3.05) is 31.1 Å². The lowest BCUT2D eigenvalue weighted by atomic mass is 9.99. The lowest BCUT2D eigenvalue weighted by Crippen LogP contribution is -2.40. The van der Waals surface area contributed by atoms with Crippen LogP contribution in [0.2, 0.25) is 0 Å². The molecule has 3 rings (SSSR count). The molecule has 5 heteroatoms. The van der Waals surface area contributed by atoms with Crippen molar-refractivity contribution in [1.29, 1.82) is 0 Å². The molecule has 114 valence electrons. The number of carbonyl (C=O) groups is 1. The smallest absolute Gasteiger partial charge is 0.224 e. The van der Waals surface area contributed by atoms with Gasteiger partial charge in [0.25, 0.3) is 0 Å². The SMILES string of the molecule is O=C(NCc1ccc(N2CCCC2)nc1)C1CCCNC1. The lowest BCUT2D eigenvalue weighted by Gasteiger charge is -2.22. The second-order valence-electron chi connectivity index (χ2n) is 5.98. The first-order valence-electron chi connectivity index (χ1n) is 8.01. The van der Waals surface area contributed by atoms with E-state index in [4.69, 9.17) is 0 Å². The highest BCUT2D eigenvalue weighted by Gasteiger charge is 2.20. The van der Waals surface area contributed by atoms with E-state index in [2.05, 4.69) is 32.7 Å². The molecule has 1 amide bonds. The standard InChI is InChI=1S/C16H24N4O/c21-16(14-4-3-7-17-12-14)19-11-13-5-6-15(18-10-13)20-8-1-2-9-20/h5-6,10,14,17H,1-4,7-9,11-12H2,(H,19,21). The minimum atomic E-state index is 0.121. The summed E-state index contributed by atoms with van der Waals surface area (Å²) in [5.41, 5.74) is 1.06. The summed E-state index contributed by atoms with van der Waals surface area (Å²) in [6.07, 6.45) is 6.48. The first-order chi connectivity index (χ1) is 10.3.